The molecule has 0 aliphatic carbocycles. The van der Waals surface area contributed by atoms with Gasteiger partial charge in [0.1, 0.15) is 5.82 Å². The van der Waals surface area contributed by atoms with Crippen molar-refractivity contribution in [3.8, 4) is 0 Å². The Kier molecular flexibility index (Phi) is 2.89. The van der Waals surface area contributed by atoms with E-state index in [-0.39, 0.29) is 11.4 Å². The number of nitrogens with two attached hydrogens (primary N) is 1. The highest BCUT2D eigenvalue weighted by Gasteiger charge is 2.32. The van der Waals surface area contributed by atoms with Crippen LogP contribution in [0.4, 0.5) is 10.1 Å². The lowest BCUT2D eigenvalue weighted by molar-refractivity contribution is 0.165. The van der Waals surface area contributed by atoms with Crippen LogP contribution in [-0.2, 0) is 6.54 Å². The maximum atomic E-state index is 13.6. The number of nitrogens with zero attached hydrogens (tertiary/aromatic N) is 1. The Bertz CT molecular complexity index is 367. The van der Waals surface area contributed by atoms with Crippen molar-refractivity contribution in [1.29, 1.82) is 0 Å². The molecule has 1 aromatic rings. The molecule has 2 N–H and O–H groups in total. The fourth-order valence-electron chi connectivity index (χ4n) is 2.39. The van der Waals surface area contributed by atoms with E-state index >= 15 is 0 Å². The Hall–Kier alpha value is -1.09. The van der Waals surface area contributed by atoms with E-state index in [4.69, 9.17) is 5.73 Å². The number of hydrogen-bond donors (Lipinski definition) is 1. The number of halogens is 1. The van der Waals surface area contributed by atoms with Gasteiger partial charge in [-0.25, -0.2) is 4.39 Å². The first kappa shape index (κ1) is 11.4. The SMILES string of the molecule is CC1(C)CCCN1Cc1c(N)cccc1F. The van der Waals surface area contributed by atoms with E-state index in [1.807, 2.05) is 0 Å². The average Bonchev–Trinajstić information content (AvgIpc) is 2.52. The van der Waals surface area contributed by atoms with Crippen LogP contribution in [0.25, 0.3) is 0 Å². The minimum atomic E-state index is -0.192. The zero-order valence-corrected chi connectivity index (χ0v) is 9.96. The van der Waals surface area contributed by atoms with Crippen LogP contribution >= 0.6 is 0 Å². The van der Waals surface area contributed by atoms with Gasteiger partial charge >= 0.3 is 0 Å². The molecule has 2 rings (SSSR count). The van der Waals surface area contributed by atoms with Gasteiger partial charge in [0.25, 0.3) is 0 Å². The van der Waals surface area contributed by atoms with Gasteiger partial charge in [0.05, 0.1) is 0 Å². The molecule has 0 spiro atoms. The zero-order valence-electron chi connectivity index (χ0n) is 9.96. The monoisotopic (exact) mass is 222 g/mol. The maximum absolute atomic E-state index is 13.6. The number of rotatable bonds is 2. The fraction of sp³-hybridized carbons (Fsp3) is 0.538. The van der Waals surface area contributed by atoms with Crippen LogP contribution in [0.2, 0.25) is 0 Å². The number of hydrogen-bond acceptors (Lipinski definition) is 2. The molecule has 3 heteroatoms. The van der Waals surface area contributed by atoms with E-state index in [2.05, 4.69) is 18.7 Å². The molecular formula is C13H19FN2. The minimum absolute atomic E-state index is 0.161. The van der Waals surface area contributed by atoms with Crippen LogP contribution in [0.1, 0.15) is 32.3 Å². The van der Waals surface area contributed by atoms with Gasteiger partial charge in [0.15, 0.2) is 0 Å². The average molecular weight is 222 g/mol. The second kappa shape index (κ2) is 4.06. The van der Waals surface area contributed by atoms with Crippen molar-refractivity contribution >= 4 is 5.69 Å². The lowest BCUT2D eigenvalue weighted by atomic mass is 10.0. The highest BCUT2D eigenvalue weighted by Crippen LogP contribution is 2.31. The zero-order chi connectivity index (χ0) is 11.8. The van der Waals surface area contributed by atoms with Gasteiger partial charge in [0, 0.05) is 23.3 Å². The third kappa shape index (κ3) is 2.05. The van der Waals surface area contributed by atoms with Crippen LogP contribution in [-0.4, -0.2) is 17.0 Å². The summed E-state index contributed by atoms with van der Waals surface area (Å²) in [6.45, 7) is 6.06. The lowest BCUT2D eigenvalue weighted by Gasteiger charge is -2.31. The molecule has 1 fully saturated rings. The number of likely N-dealkylation sites (tertiary alicyclic amines) is 1. The minimum Gasteiger partial charge on any atom is -0.398 e. The molecule has 1 aliphatic rings. The molecule has 1 aromatic carbocycles. The fourth-order valence-corrected chi connectivity index (χ4v) is 2.39. The van der Waals surface area contributed by atoms with Crippen molar-refractivity contribution in [3.05, 3.63) is 29.6 Å². The third-order valence-corrected chi connectivity index (χ3v) is 3.58. The predicted molar refractivity (Wildman–Crippen MR) is 64.5 cm³/mol. The second-order valence-electron chi connectivity index (χ2n) is 5.15. The second-order valence-corrected chi connectivity index (χ2v) is 5.15. The highest BCUT2D eigenvalue weighted by molar-refractivity contribution is 5.47. The van der Waals surface area contributed by atoms with Crippen molar-refractivity contribution < 1.29 is 4.39 Å². The van der Waals surface area contributed by atoms with Gasteiger partial charge in [-0.3, -0.25) is 4.90 Å². The normalized spacial score (nSPS) is 20.2. The maximum Gasteiger partial charge on any atom is 0.129 e. The summed E-state index contributed by atoms with van der Waals surface area (Å²) in [6.07, 6.45) is 2.35. The van der Waals surface area contributed by atoms with E-state index in [1.54, 1.807) is 12.1 Å². The van der Waals surface area contributed by atoms with Gasteiger partial charge in [-0.15, -0.1) is 0 Å². The van der Waals surface area contributed by atoms with Gasteiger partial charge in [-0.2, -0.15) is 0 Å². The van der Waals surface area contributed by atoms with Crippen LogP contribution in [0.15, 0.2) is 18.2 Å². The van der Waals surface area contributed by atoms with Crippen LogP contribution in [0, 0.1) is 5.82 Å². The smallest absolute Gasteiger partial charge is 0.129 e. The van der Waals surface area contributed by atoms with Crippen LogP contribution in [0.3, 0.4) is 0 Å². The molecule has 1 aliphatic heterocycles. The topological polar surface area (TPSA) is 29.3 Å². The molecular weight excluding hydrogens is 203 g/mol. The molecule has 16 heavy (non-hydrogen) atoms. The molecule has 0 amide bonds. The molecule has 0 unspecified atom stereocenters. The molecule has 88 valence electrons. The van der Waals surface area contributed by atoms with Gasteiger partial charge < -0.3 is 5.73 Å². The Labute approximate surface area is 96.2 Å². The van der Waals surface area contributed by atoms with E-state index in [9.17, 15) is 4.39 Å². The van der Waals surface area contributed by atoms with E-state index in [1.165, 1.54) is 18.9 Å². The standard InChI is InChI=1S/C13H19FN2/c1-13(2)7-4-8-16(13)9-10-11(14)5-3-6-12(10)15/h3,5-6H,4,7-9,15H2,1-2H3. The highest BCUT2D eigenvalue weighted by atomic mass is 19.1. The van der Waals surface area contributed by atoms with Gasteiger partial charge in [-0.05, 0) is 45.4 Å². The van der Waals surface area contributed by atoms with Gasteiger partial charge in [-0.1, -0.05) is 6.07 Å². The molecule has 0 aromatic heterocycles. The van der Waals surface area contributed by atoms with Crippen LogP contribution in [0.5, 0.6) is 0 Å². The Morgan fingerprint density at radius 2 is 2.19 bits per heavy atom. The quantitative estimate of drug-likeness (QED) is 0.780. The summed E-state index contributed by atoms with van der Waals surface area (Å²) in [5.74, 6) is -0.192. The summed E-state index contributed by atoms with van der Waals surface area (Å²) in [4.78, 5) is 2.31. The molecule has 1 saturated heterocycles. The van der Waals surface area contributed by atoms with Gasteiger partial charge in [0.2, 0.25) is 0 Å². The predicted octanol–water partition coefficient (Wildman–Crippen LogP) is 2.78. The van der Waals surface area contributed by atoms with E-state index < -0.39 is 0 Å². The molecule has 1 heterocycles. The number of anilines is 1. The van der Waals surface area contributed by atoms with Crippen LogP contribution < -0.4 is 5.73 Å². The number of benzene rings is 1. The lowest BCUT2D eigenvalue weighted by Crippen LogP contribution is -2.37. The number of nitrogen functional groups attached to an aromatic ring is 1. The summed E-state index contributed by atoms with van der Waals surface area (Å²) >= 11 is 0. The summed E-state index contributed by atoms with van der Waals surface area (Å²) < 4.78 is 13.6. The van der Waals surface area contributed by atoms with Crippen molar-refractivity contribution in [2.24, 2.45) is 0 Å². The van der Waals surface area contributed by atoms with Crippen molar-refractivity contribution in [2.75, 3.05) is 12.3 Å². The third-order valence-electron chi connectivity index (χ3n) is 3.58. The summed E-state index contributed by atoms with van der Waals surface area (Å²) in [5, 5.41) is 0. The molecule has 0 atom stereocenters. The Morgan fingerprint density at radius 3 is 2.75 bits per heavy atom. The molecule has 0 saturated carbocycles. The van der Waals surface area contributed by atoms with Crippen molar-refractivity contribution in [3.63, 3.8) is 0 Å². The summed E-state index contributed by atoms with van der Waals surface area (Å²) in [5.41, 5.74) is 7.18. The Morgan fingerprint density at radius 1 is 1.44 bits per heavy atom. The molecule has 2 nitrogen and oxygen atoms in total. The van der Waals surface area contributed by atoms with E-state index in [0.717, 1.165) is 6.54 Å². The molecule has 0 bridgehead atoms. The molecule has 0 radical (unpaired) electrons. The summed E-state index contributed by atoms with van der Waals surface area (Å²) in [6, 6.07) is 4.90. The first-order valence-electron chi connectivity index (χ1n) is 5.78. The van der Waals surface area contributed by atoms with Crippen molar-refractivity contribution in [1.82, 2.24) is 4.90 Å². The largest absolute Gasteiger partial charge is 0.398 e. The van der Waals surface area contributed by atoms with Crippen molar-refractivity contribution in [2.45, 2.75) is 38.8 Å². The van der Waals surface area contributed by atoms with E-state index in [0.29, 0.717) is 17.8 Å². The first-order valence-corrected chi connectivity index (χ1v) is 5.78. The summed E-state index contributed by atoms with van der Waals surface area (Å²) in [7, 11) is 0. The first-order chi connectivity index (χ1) is 7.50. The Balaban J connectivity index is 2.21.